The van der Waals surface area contributed by atoms with E-state index in [9.17, 15) is 9.90 Å². The number of para-hydroxylation sites is 1. The molecule has 104 valence electrons. The number of fused-ring (bicyclic) bond motifs is 1. The molecule has 3 rings (SSSR count). The van der Waals surface area contributed by atoms with Crippen LogP contribution in [0.25, 0.3) is 10.9 Å². The van der Waals surface area contributed by atoms with E-state index >= 15 is 0 Å². The van der Waals surface area contributed by atoms with Gasteiger partial charge in [0.25, 0.3) is 0 Å². The molecule has 4 heteroatoms. The van der Waals surface area contributed by atoms with Crippen molar-refractivity contribution in [3.63, 3.8) is 0 Å². The lowest BCUT2D eigenvalue weighted by Crippen LogP contribution is -2.14. The van der Waals surface area contributed by atoms with Crippen LogP contribution in [-0.2, 0) is 0 Å². The van der Waals surface area contributed by atoms with Crippen LogP contribution in [0, 0.1) is 5.92 Å². The number of pyridine rings is 1. The molecule has 0 unspecified atom stereocenters. The summed E-state index contributed by atoms with van der Waals surface area (Å²) in [7, 11) is 0. The fourth-order valence-corrected chi connectivity index (χ4v) is 2.95. The minimum atomic E-state index is -0.933. The summed E-state index contributed by atoms with van der Waals surface area (Å²) in [5.74, 6) is -0.277. The standard InChI is InChI=1S/C16H18N2O2/c19-16(20)13-10-17-14-8-4-3-7-12(14)15(13)18-9-11-5-1-2-6-11/h3-4,7-8,10-11H,1-2,5-6,9H2,(H,17,18)(H,19,20). The van der Waals surface area contributed by atoms with Gasteiger partial charge in [0, 0.05) is 18.1 Å². The first-order valence-corrected chi connectivity index (χ1v) is 7.10. The Morgan fingerprint density at radius 2 is 2.05 bits per heavy atom. The Bertz CT molecular complexity index is 633. The molecule has 0 saturated heterocycles. The molecule has 1 aliphatic carbocycles. The van der Waals surface area contributed by atoms with Crippen molar-refractivity contribution in [1.29, 1.82) is 0 Å². The molecule has 0 atom stereocenters. The molecule has 0 spiro atoms. The number of hydrogen-bond donors (Lipinski definition) is 2. The van der Waals surface area contributed by atoms with E-state index in [0.717, 1.165) is 17.4 Å². The molecule has 0 aliphatic heterocycles. The number of nitrogens with zero attached hydrogens (tertiary/aromatic N) is 1. The molecule has 1 aromatic carbocycles. The van der Waals surface area contributed by atoms with Gasteiger partial charge in [-0.25, -0.2) is 4.79 Å². The van der Waals surface area contributed by atoms with Gasteiger partial charge in [-0.1, -0.05) is 31.0 Å². The molecule has 0 radical (unpaired) electrons. The third-order valence-electron chi connectivity index (χ3n) is 4.05. The maximum atomic E-state index is 11.4. The minimum absolute atomic E-state index is 0.252. The minimum Gasteiger partial charge on any atom is -0.478 e. The predicted molar refractivity (Wildman–Crippen MR) is 79.2 cm³/mol. The number of aromatic carboxylic acids is 1. The maximum Gasteiger partial charge on any atom is 0.339 e. The van der Waals surface area contributed by atoms with Crippen LogP contribution in [0.3, 0.4) is 0 Å². The number of nitrogens with one attached hydrogen (secondary N) is 1. The zero-order valence-electron chi connectivity index (χ0n) is 11.3. The third-order valence-corrected chi connectivity index (χ3v) is 4.05. The average Bonchev–Trinajstić information content (AvgIpc) is 2.97. The molecule has 2 aromatic rings. The van der Waals surface area contributed by atoms with Crippen molar-refractivity contribution in [2.75, 3.05) is 11.9 Å². The first kappa shape index (κ1) is 12.9. The van der Waals surface area contributed by atoms with Crippen molar-refractivity contribution in [1.82, 2.24) is 4.98 Å². The molecular formula is C16H18N2O2. The van der Waals surface area contributed by atoms with Gasteiger partial charge >= 0.3 is 5.97 Å². The number of aromatic nitrogens is 1. The SMILES string of the molecule is O=C(O)c1cnc2ccccc2c1NCC1CCCC1. The van der Waals surface area contributed by atoms with E-state index in [1.54, 1.807) is 0 Å². The number of rotatable bonds is 4. The van der Waals surface area contributed by atoms with E-state index in [4.69, 9.17) is 0 Å². The molecule has 1 saturated carbocycles. The molecule has 1 aromatic heterocycles. The Kier molecular flexibility index (Phi) is 3.54. The topological polar surface area (TPSA) is 62.2 Å². The number of anilines is 1. The van der Waals surface area contributed by atoms with Crippen molar-refractivity contribution in [2.24, 2.45) is 5.92 Å². The molecule has 1 fully saturated rings. The van der Waals surface area contributed by atoms with Crippen molar-refractivity contribution in [3.05, 3.63) is 36.0 Å². The number of carboxylic acid groups (broad SMARTS) is 1. The first-order valence-electron chi connectivity index (χ1n) is 7.10. The highest BCUT2D eigenvalue weighted by Crippen LogP contribution is 2.29. The van der Waals surface area contributed by atoms with Crippen molar-refractivity contribution >= 4 is 22.6 Å². The summed E-state index contributed by atoms with van der Waals surface area (Å²) in [6.45, 7) is 0.842. The molecule has 4 nitrogen and oxygen atoms in total. The van der Waals surface area contributed by atoms with Gasteiger partial charge in [-0.15, -0.1) is 0 Å². The lowest BCUT2D eigenvalue weighted by atomic mass is 10.1. The number of carbonyl (C=O) groups is 1. The van der Waals surface area contributed by atoms with Crippen LogP contribution < -0.4 is 5.32 Å². The summed E-state index contributed by atoms with van der Waals surface area (Å²) >= 11 is 0. The Labute approximate surface area is 117 Å². The monoisotopic (exact) mass is 270 g/mol. The maximum absolute atomic E-state index is 11.4. The fourth-order valence-electron chi connectivity index (χ4n) is 2.95. The van der Waals surface area contributed by atoms with Crippen LogP contribution in [0.5, 0.6) is 0 Å². The Hall–Kier alpha value is -2.10. The van der Waals surface area contributed by atoms with E-state index in [2.05, 4.69) is 10.3 Å². The molecular weight excluding hydrogens is 252 g/mol. The zero-order valence-corrected chi connectivity index (χ0v) is 11.3. The van der Waals surface area contributed by atoms with Crippen molar-refractivity contribution in [3.8, 4) is 0 Å². The second kappa shape index (κ2) is 5.49. The smallest absolute Gasteiger partial charge is 0.339 e. The predicted octanol–water partition coefficient (Wildman–Crippen LogP) is 3.54. The molecule has 2 N–H and O–H groups in total. The second-order valence-electron chi connectivity index (χ2n) is 5.40. The summed E-state index contributed by atoms with van der Waals surface area (Å²) in [6, 6.07) is 7.65. The Balaban J connectivity index is 1.96. The van der Waals surface area contributed by atoms with Crippen LogP contribution in [0.15, 0.2) is 30.5 Å². The largest absolute Gasteiger partial charge is 0.478 e. The normalized spacial score (nSPS) is 15.6. The number of carboxylic acids is 1. The Morgan fingerprint density at radius 3 is 2.80 bits per heavy atom. The van der Waals surface area contributed by atoms with Gasteiger partial charge in [-0.2, -0.15) is 0 Å². The molecule has 1 heterocycles. The zero-order chi connectivity index (χ0) is 13.9. The lowest BCUT2D eigenvalue weighted by Gasteiger charge is -2.15. The summed E-state index contributed by atoms with van der Waals surface area (Å²) in [6.07, 6.45) is 6.49. The van der Waals surface area contributed by atoms with Crippen LogP contribution >= 0.6 is 0 Å². The van der Waals surface area contributed by atoms with Gasteiger partial charge in [-0.05, 0) is 24.8 Å². The molecule has 0 amide bonds. The molecule has 1 aliphatic rings. The summed E-state index contributed by atoms with van der Waals surface area (Å²) in [4.78, 5) is 15.6. The van der Waals surface area contributed by atoms with Crippen LogP contribution in [-0.4, -0.2) is 22.6 Å². The van der Waals surface area contributed by atoms with Gasteiger partial charge in [0.2, 0.25) is 0 Å². The van der Waals surface area contributed by atoms with Gasteiger partial charge in [-0.3, -0.25) is 4.98 Å². The van der Waals surface area contributed by atoms with Crippen LogP contribution in [0.4, 0.5) is 5.69 Å². The highest BCUT2D eigenvalue weighted by molar-refractivity contribution is 6.04. The van der Waals surface area contributed by atoms with Gasteiger partial charge < -0.3 is 10.4 Å². The van der Waals surface area contributed by atoms with Crippen molar-refractivity contribution < 1.29 is 9.90 Å². The summed E-state index contributed by atoms with van der Waals surface area (Å²) < 4.78 is 0. The second-order valence-corrected chi connectivity index (χ2v) is 5.40. The van der Waals surface area contributed by atoms with E-state index in [-0.39, 0.29) is 5.56 Å². The highest BCUT2D eigenvalue weighted by Gasteiger charge is 2.18. The average molecular weight is 270 g/mol. The molecule has 20 heavy (non-hydrogen) atoms. The lowest BCUT2D eigenvalue weighted by molar-refractivity contribution is 0.0697. The van der Waals surface area contributed by atoms with Gasteiger partial charge in [0.05, 0.1) is 11.2 Å². The van der Waals surface area contributed by atoms with Gasteiger partial charge in [0.1, 0.15) is 5.56 Å². The van der Waals surface area contributed by atoms with E-state index in [1.165, 1.54) is 31.9 Å². The van der Waals surface area contributed by atoms with Gasteiger partial charge in [0.15, 0.2) is 0 Å². The number of hydrogen-bond acceptors (Lipinski definition) is 3. The van der Waals surface area contributed by atoms with Crippen LogP contribution in [0.2, 0.25) is 0 Å². The molecule has 0 bridgehead atoms. The highest BCUT2D eigenvalue weighted by atomic mass is 16.4. The fraction of sp³-hybridized carbons (Fsp3) is 0.375. The summed E-state index contributed by atoms with van der Waals surface area (Å²) in [5.41, 5.74) is 1.78. The quantitative estimate of drug-likeness (QED) is 0.892. The van der Waals surface area contributed by atoms with E-state index < -0.39 is 5.97 Å². The third kappa shape index (κ3) is 2.46. The first-order chi connectivity index (χ1) is 9.75. The number of benzene rings is 1. The summed E-state index contributed by atoms with van der Waals surface area (Å²) in [5, 5.41) is 13.6. The van der Waals surface area contributed by atoms with E-state index in [0.29, 0.717) is 11.6 Å². The van der Waals surface area contributed by atoms with Crippen LogP contribution in [0.1, 0.15) is 36.0 Å². The Morgan fingerprint density at radius 1 is 1.30 bits per heavy atom. The van der Waals surface area contributed by atoms with Crippen molar-refractivity contribution in [2.45, 2.75) is 25.7 Å². The van der Waals surface area contributed by atoms with E-state index in [1.807, 2.05) is 24.3 Å².